The third-order valence-corrected chi connectivity index (χ3v) is 3.93. The first kappa shape index (κ1) is 10.7. The van der Waals surface area contributed by atoms with Gasteiger partial charge >= 0.3 is 0 Å². The maximum Gasteiger partial charge on any atom is 0.0835 e. The number of thioether (sulfide) groups is 1. The number of hydrogen-bond acceptors (Lipinski definition) is 5. The van der Waals surface area contributed by atoms with Crippen LogP contribution in [0.15, 0.2) is 0 Å². The Morgan fingerprint density at radius 3 is 2.93 bits per heavy atom. The molecule has 3 N–H and O–H groups in total. The van der Waals surface area contributed by atoms with Crippen molar-refractivity contribution in [1.82, 2.24) is 5.43 Å². The van der Waals surface area contributed by atoms with E-state index in [1.54, 1.807) is 0 Å². The first-order valence-corrected chi connectivity index (χ1v) is 6.30. The van der Waals surface area contributed by atoms with E-state index in [0.29, 0.717) is 5.92 Å². The first-order chi connectivity index (χ1) is 6.92. The summed E-state index contributed by atoms with van der Waals surface area (Å²) >= 11 is 1.94. The largest absolute Gasteiger partial charge is 0.381 e. The van der Waals surface area contributed by atoms with Gasteiger partial charge in [0.1, 0.15) is 0 Å². The number of nitrogens with two attached hydrogens (primary N) is 1. The fourth-order valence-corrected chi connectivity index (χ4v) is 3.01. The Balaban J connectivity index is 1.89. The summed E-state index contributed by atoms with van der Waals surface area (Å²) in [5.74, 6) is 8.26. The van der Waals surface area contributed by atoms with Gasteiger partial charge in [-0.2, -0.15) is 11.8 Å². The van der Waals surface area contributed by atoms with Crippen LogP contribution in [0.25, 0.3) is 0 Å². The van der Waals surface area contributed by atoms with Crippen molar-refractivity contribution in [2.75, 3.05) is 31.3 Å². The molecule has 0 aromatic rings. The van der Waals surface area contributed by atoms with Crippen molar-refractivity contribution in [2.45, 2.75) is 18.6 Å². The van der Waals surface area contributed by atoms with Crippen molar-refractivity contribution < 1.29 is 9.47 Å². The van der Waals surface area contributed by atoms with E-state index in [1.165, 1.54) is 0 Å². The lowest BCUT2D eigenvalue weighted by molar-refractivity contribution is 0.0273. The smallest absolute Gasteiger partial charge is 0.0835 e. The van der Waals surface area contributed by atoms with E-state index in [0.717, 1.165) is 37.7 Å². The van der Waals surface area contributed by atoms with Crippen molar-refractivity contribution in [3.8, 4) is 0 Å². The SMILES string of the molecule is NNC(C1CCOC1)C1CSCCO1. The fraction of sp³-hybridized carbons (Fsp3) is 1.00. The summed E-state index contributed by atoms with van der Waals surface area (Å²) in [7, 11) is 0. The molecule has 3 atom stereocenters. The van der Waals surface area contributed by atoms with Gasteiger partial charge in [-0.05, 0) is 6.42 Å². The number of nitrogens with one attached hydrogen (secondary N) is 1. The second-order valence-corrected chi connectivity index (χ2v) is 4.95. The van der Waals surface area contributed by atoms with Crippen LogP contribution >= 0.6 is 11.8 Å². The predicted molar refractivity (Wildman–Crippen MR) is 57.1 cm³/mol. The molecule has 2 fully saturated rings. The number of rotatable bonds is 3. The Bertz CT molecular complexity index is 170. The van der Waals surface area contributed by atoms with Crippen LogP contribution in [0, 0.1) is 5.92 Å². The molecule has 2 rings (SSSR count). The van der Waals surface area contributed by atoms with Gasteiger partial charge in [-0.3, -0.25) is 11.3 Å². The molecule has 2 heterocycles. The highest BCUT2D eigenvalue weighted by molar-refractivity contribution is 7.99. The Hall–Kier alpha value is 0.190. The number of hydrogen-bond donors (Lipinski definition) is 2. The van der Waals surface area contributed by atoms with Crippen molar-refractivity contribution in [1.29, 1.82) is 0 Å². The van der Waals surface area contributed by atoms with E-state index in [9.17, 15) is 0 Å². The van der Waals surface area contributed by atoms with E-state index in [-0.39, 0.29) is 12.1 Å². The number of ether oxygens (including phenoxy) is 2. The second-order valence-electron chi connectivity index (χ2n) is 3.80. The molecule has 0 bridgehead atoms. The van der Waals surface area contributed by atoms with Crippen LogP contribution in [0.5, 0.6) is 0 Å². The monoisotopic (exact) mass is 218 g/mol. The summed E-state index contributed by atoms with van der Waals surface area (Å²) in [4.78, 5) is 0. The maximum absolute atomic E-state index is 5.72. The van der Waals surface area contributed by atoms with Gasteiger partial charge in [0.2, 0.25) is 0 Å². The highest BCUT2D eigenvalue weighted by Crippen LogP contribution is 2.24. The molecule has 0 radical (unpaired) electrons. The summed E-state index contributed by atoms with van der Waals surface area (Å²) < 4.78 is 11.1. The topological polar surface area (TPSA) is 56.5 Å². The minimum absolute atomic E-state index is 0.255. The fourth-order valence-electron chi connectivity index (χ4n) is 2.10. The molecule has 0 aromatic carbocycles. The quantitative estimate of drug-likeness (QED) is 0.515. The van der Waals surface area contributed by atoms with Gasteiger partial charge < -0.3 is 9.47 Å². The van der Waals surface area contributed by atoms with E-state index < -0.39 is 0 Å². The van der Waals surface area contributed by atoms with E-state index in [2.05, 4.69) is 5.43 Å². The van der Waals surface area contributed by atoms with Gasteiger partial charge in [-0.25, -0.2) is 0 Å². The normalized spacial score (nSPS) is 35.8. The van der Waals surface area contributed by atoms with Crippen LogP contribution in [-0.4, -0.2) is 43.5 Å². The minimum Gasteiger partial charge on any atom is -0.381 e. The average Bonchev–Trinajstić information content (AvgIpc) is 2.74. The Labute approximate surface area is 88.9 Å². The standard InChI is InChI=1S/C9H18N2O2S/c10-11-9(7-1-2-12-5-7)8-6-14-4-3-13-8/h7-9,11H,1-6,10H2. The zero-order valence-electron chi connectivity index (χ0n) is 8.28. The van der Waals surface area contributed by atoms with Crippen molar-refractivity contribution in [2.24, 2.45) is 11.8 Å². The maximum atomic E-state index is 5.72. The van der Waals surface area contributed by atoms with Crippen LogP contribution in [0.2, 0.25) is 0 Å². The summed E-state index contributed by atoms with van der Waals surface area (Å²) in [6.45, 7) is 2.53. The molecule has 82 valence electrons. The lowest BCUT2D eigenvalue weighted by Crippen LogP contribution is -2.52. The van der Waals surface area contributed by atoms with Crippen LogP contribution in [0.4, 0.5) is 0 Å². The van der Waals surface area contributed by atoms with Crippen molar-refractivity contribution >= 4 is 11.8 Å². The zero-order valence-corrected chi connectivity index (χ0v) is 9.09. The van der Waals surface area contributed by atoms with Gasteiger partial charge in [0.05, 0.1) is 25.4 Å². The number of hydrazine groups is 1. The molecule has 4 nitrogen and oxygen atoms in total. The average molecular weight is 218 g/mol. The molecule has 14 heavy (non-hydrogen) atoms. The third kappa shape index (κ3) is 2.41. The molecule has 2 saturated heterocycles. The van der Waals surface area contributed by atoms with Gasteiger partial charge in [-0.1, -0.05) is 0 Å². The summed E-state index contributed by atoms with van der Waals surface area (Å²) in [6.07, 6.45) is 1.35. The van der Waals surface area contributed by atoms with Crippen LogP contribution in [0.3, 0.4) is 0 Å². The van der Waals surface area contributed by atoms with Crippen molar-refractivity contribution in [3.63, 3.8) is 0 Å². The molecule has 2 aliphatic heterocycles. The molecule has 2 aliphatic rings. The van der Waals surface area contributed by atoms with E-state index >= 15 is 0 Å². The summed E-state index contributed by atoms with van der Waals surface area (Å²) in [5, 5.41) is 0. The highest BCUT2D eigenvalue weighted by Gasteiger charge is 2.33. The minimum atomic E-state index is 0.255. The van der Waals surface area contributed by atoms with Gasteiger partial charge in [0.25, 0.3) is 0 Å². The molecule has 3 unspecified atom stereocenters. The molecule has 5 heteroatoms. The first-order valence-electron chi connectivity index (χ1n) is 5.15. The molecule has 0 aliphatic carbocycles. The van der Waals surface area contributed by atoms with Gasteiger partial charge in [-0.15, -0.1) is 0 Å². The summed E-state index contributed by atoms with van der Waals surface area (Å²) in [6, 6.07) is 0.255. The van der Waals surface area contributed by atoms with Crippen molar-refractivity contribution in [3.05, 3.63) is 0 Å². The van der Waals surface area contributed by atoms with Crippen LogP contribution in [-0.2, 0) is 9.47 Å². The Morgan fingerprint density at radius 1 is 1.43 bits per heavy atom. The molecular weight excluding hydrogens is 200 g/mol. The molecule has 0 saturated carbocycles. The Kier molecular flexibility index (Phi) is 4.07. The summed E-state index contributed by atoms with van der Waals surface area (Å²) in [5.41, 5.74) is 2.90. The Morgan fingerprint density at radius 2 is 2.36 bits per heavy atom. The van der Waals surface area contributed by atoms with E-state index in [1.807, 2.05) is 11.8 Å². The molecule has 0 spiro atoms. The predicted octanol–water partition coefficient (Wildman–Crippen LogP) is -0.0132. The lowest BCUT2D eigenvalue weighted by atomic mass is 9.95. The van der Waals surface area contributed by atoms with Gasteiger partial charge in [0, 0.05) is 24.0 Å². The molecule has 0 aromatic heterocycles. The second kappa shape index (κ2) is 5.32. The third-order valence-electron chi connectivity index (χ3n) is 2.91. The highest BCUT2D eigenvalue weighted by atomic mass is 32.2. The van der Waals surface area contributed by atoms with E-state index in [4.69, 9.17) is 15.3 Å². The molecular formula is C9H18N2O2S. The lowest BCUT2D eigenvalue weighted by Gasteiger charge is -2.32. The van der Waals surface area contributed by atoms with Crippen LogP contribution in [0.1, 0.15) is 6.42 Å². The van der Waals surface area contributed by atoms with Crippen LogP contribution < -0.4 is 11.3 Å². The van der Waals surface area contributed by atoms with Gasteiger partial charge in [0.15, 0.2) is 0 Å². The molecule has 0 amide bonds. The zero-order chi connectivity index (χ0) is 9.80.